The van der Waals surface area contributed by atoms with E-state index < -0.39 is 0 Å². The number of thioether (sulfide) groups is 1. The van der Waals surface area contributed by atoms with Crippen molar-refractivity contribution < 1.29 is 14.0 Å². The minimum atomic E-state index is -0.312. The van der Waals surface area contributed by atoms with Crippen LogP contribution in [0.5, 0.6) is 0 Å². The van der Waals surface area contributed by atoms with E-state index in [0.29, 0.717) is 22.3 Å². The van der Waals surface area contributed by atoms with Crippen molar-refractivity contribution in [2.75, 3.05) is 17.2 Å². The van der Waals surface area contributed by atoms with Crippen LogP contribution in [0.4, 0.5) is 5.82 Å². The molecule has 3 heterocycles. The quantitative estimate of drug-likeness (QED) is 0.234. The van der Waals surface area contributed by atoms with E-state index in [2.05, 4.69) is 30.4 Å². The SMILES string of the molecule is Cc1cccc([C@@H]2SCC(=O)N(CC(=O)NCc3ccco3)c3c2c(-c2ccccc2)nn3-c2ccccc2Cl)c1. The maximum atomic E-state index is 13.8. The van der Waals surface area contributed by atoms with E-state index in [1.807, 2.05) is 54.6 Å². The zero-order valence-electron chi connectivity index (χ0n) is 22.3. The normalized spacial score (nSPS) is 14.9. The highest BCUT2D eigenvalue weighted by Gasteiger charge is 2.38. The second-order valence-electron chi connectivity index (χ2n) is 9.76. The van der Waals surface area contributed by atoms with E-state index in [1.54, 1.807) is 34.0 Å². The third kappa shape index (κ3) is 5.53. The molecule has 1 aliphatic rings. The largest absolute Gasteiger partial charge is 0.467 e. The maximum Gasteiger partial charge on any atom is 0.240 e. The molecule has 2 aromatic heterocycles. The number of nitrogens with zero attached hydrogens (tertiary/aromatic N) is 3. The van der Waals surface area contributed by atoms with Crippen molar-refractivity contribution in [3.8, 4) is 16.9 Å². The number of hydrogen-bond acceptors (Lipinski definition) is 5. The smallest absolute Gasteiger partial charge is 0.240 e. The predicted octanol–water partition coefficient (Wildman–Crippen LogP) is 6.58. The molecular formula is C32H27ClN4O3S. The fraction of sp³-hybridized carbons (Fsp3) is 0.156. The molecule has 0 saturated carbocycles. The Balaban J connectivity index is 1.55. The van der Waals surface area contributed by atoms with Gasteiger partial charge in [0.1, 0.15) is 18.1 Å². The van der Waals surface area contributed by atoms with Crippen LogP contribution in [0.25, 0.3) is 16.9 Å². The third-order valence-corrected chi connectivity index (χ3v) is 8.48. The molecule has 41 heavy (non-hydrogen) atoms. The molecule has 206 valence electrons. The molecule has 0 fully saturated rings. The minimum absolute atomic E-state index is 0.183. The number of rotatable bonds is 7. The lowest BCUT2D eigenvalue weighted by Crippen LogP contribution is -2.42. The van der Waals surface area contributed by atoms with Crippen molar-refractivity contribution >= 4 is 41.0 Å². The van der Waals surface area contributed by atoms with Crippen molar-refractivity contribution in [3.63, 3.8) is 0 Å². The van der Waals surface area contributed by atoms with E-state index in [0.717, 1.165) is 27.9 Å². The lowest BCUT2D eigenvalue weighted by molar-refractivity contribution is -0.123. The standard InChI is InChI=1S/C32H27ClN4O3S/c1-21-9-7-12-23(17-21)31-29-30(22-10-3-2-4-11-22)35-37(26-15-6-5-14-25(26)33)32(29)36(28(39)20-41-31)19-27(38)34-18-24-13-8-16-40-24/h2-17,31H,18-20H2,1H3,(H,34,38)/t31-/m0/s1. The van der Waals surface area contributed by atoms with E-state index >= 15 is 0 Å². The molecule has 9 heteroatoms. The van der Waals surface area contributed by atoms with Gasteiger partial charge in [-0.05, 0) is 36.8 Å². The Morgan fingerprint density at radius 1 is 1.05 bits per heavy atom. The van der Waals surface area contributed by atoms with Gasteiger partial charge in [-0.1, -0.05) is 83.9 Å². The summed E-state index contributed by atoms with van der Waals surface area (Å²) in [7, 11) is 0. The topological polar surface area (TPSA) is 80.4 Å². The first-order valence-corrected chi connectivity index (χ1v) is 14.6. The van der Waals surface area contributed by atoms with Gasteiger partial charge in [-0.15, -0.1) is 11.8 Å². The van der Waals surface area contributed by atoms with Gasteiger partial charge < -0.3 is 9.73 Å². The summed E-state index contributed by atoms with van der Waals surface area (Å²) in [6.45, 7) is 2.09. The molecule has 3 aromatic carbocycles. The number of hydrogen-bond donors (Lipinski definition) is 1. The van der Waals surface area contributed by atoms with Crippen LogP contribution in [0.15, 0.2) is 102 Å². The van der Waals surface area contributed by atoms with Gasteiger partial charge in [0.2, 0.25) is 11.8 Å². The Kier molecular flexibility index (Phi) is 7.67. The molecule has 2 amide bonds. The van der Waals surface area contributed by atoms with Crippen LogP contribution in [0, 0.1) is 6.92 Å². The van der Waals surface area contributed by atoms with Crippen LogP contribution in [0.2, 0.25) is 5.02 Å². The Hall–Kier alpha value is -4.27. The van der Waals surface area contributed by atoms with Crippen molar-refractivity contribution in [3.05, 3.63) is 125 Å². The number of nitrogens with one attached hydrogen (secondary N) is 1. The molecule has 1 aliphatic heterocycles. The summed E-state index contributed by atoms with van der Waals surface area (Å²) in [5.74, 6) is 0.853. The first-order chi connectivity index (χ1) is 20.0. The van der Waals surface area contributed by atoms with Crippen LogP contribution in [-0.2, 0) is 16.1 Å². The number of aromatic nitrogens is 2. The number of aryl methyl sites for hydroxylation is 1. The van der Waals surface area contributed by atoms with Crippen molar-refractivity contribution in [2.24, 2.45) is 0 Å². The minimum Gasteiger partial charge on any atom is -0.467 e. The number of amides is 2. The maximum absolute atomic E-state index is 13.8. The van der Waals surface area contributed by atoms with Crippen LogP contribution in [-0.4, -0.2) is 33.9 Å². The second kappa shape index (κ2) is 11.7. The fourth-order valence-corrected chi connectivity index (χ4v) is 6.42. The molecule has 7 nitrogen and oxygen atoms in total. The highest BCUT2D eigenvalue weighted by atomic mass is 35.5. The van der Waals surface area contributed by atoms with E-state index in [9.17, 15) is 9.59 Å². The summed E-state index contributed by atoms with van der Waals surface area (Å²) in [4.78, 5) is 28.6. The summed E-state index contributed by atoms with van der Waals surface area (Å²) in [5, 5.41) is 8.24. The average Bonchev–Trinajstić information content (AvgIpc) is 3.61. The molecule has 0 aliphatic carbocycles. The molecule has 0 unspecified atom stereocenters. The van der Waals surface area contributed by atoms with Gasteiger partial charge in [0.25, 0.3) is 0 Å². The number of fused-ring (bicyclic) bond motifs is 1. The predicted molar refractivity (Wildman–Crippen MR) is 162 cm³/mol. The van der Waals surface area contributed by atoms with E-state index in [-0.39, 0.29) is 35.9 Å². The monoisotopic (exact) mass is 582 g/mol. The van der Waals surface area contributed by atoms with Gasteiger partial charge in [0.15, 0.2) is 0 Å². The summed E-state index contributed by atoms with van der Waals surface area (Å²) < 4.78 is 7.07. The summed E-state index contributed by atoms with van der Waals surface area (Å²) >= 11 is 8.25. The Bertz CT molecular complexity index is 1700. The van der Waals surface area contributed by atoms with E-state index in [4.69, 9.17) is 21.1 Å². The Morgan fingerprint density at radius 2 is 1.85 bits per heavy atom. The number of furan rings is 1. The zero-order valence-corrected chi connectivity index (χ0v) is 23.9. The van der Waals surface area contributed by atoms with Gasteiger partial charge in [0.05, 0.1) is 40.2 Å². The molecule has 6 rings (SSSR count). The zero-order chi connectivity index (χ0) is 28.3. The molecule has 1 atom stereocenters. The van der Waals surface area contributed by atoms with E-state index in [1.165, 1.54) is 11.8 Å². The summed E-state index contributed by atoms with van der Waals surface area (Å²) in [5.41, 5.74) is 5.30. The molecule has 0 radical (unpaired) electrons. The first-order valence-electron chi connectivity index (χ1n) is 13.2. The Morgan fingerprint density at radius 3 is 2.61 bits per heavy atom. The van der Waals surface area contributed by atoms with Gasteiger partial charge in [0, 0.05) is 11.1 Å². The molecular weight excluding hydrogens is 556 g/mol. The van der Waals surface area contributed by atoms with Crippen LogP contribution in [0.3, 0.4) is 0 Å². The van der Waals surface area contributed by atoms with Gasteiger partial charge >= 0.3 is 0 Å². The van der Waals surface area contributed by atoms with Gasteiger partial charge in [-0.3, -0.25) is 14.5 Å². The number of anilines is 1. The number of carbonyl (C=O) groups excluding carboxylic acids is 2. The van der Waals surface area contributed by atoms with Crippen molar-refractivity contribution in [1.29, 1.82) is 0 Å². The van der Waals surface area contributed by atoms with Gasteiger partial charge in [-0.25, -0.2) is 4.68 Å². The second-order valence-corrected chi connectivity index (χ2v) is 11.3. The number of para-hydroxylation sites is 1. The van der Waals surface area contributed by atoms with Gasteiger partial charge in [-0.2, -0.15) is 5.10 Å². The third-order valence-electron chi connectivity index (χ3n) is 6.90. The number of halogens is 1. The average molecular weight is 583 g/mol. The molecule has 0 saturated heterocycles. The molecule has 5 aromatic rings. The number of benzene rings is 3. The highest BCUT2D eigenvalue weighted by molar-refractivity contribution is 8.00. The molecule has 0 spiro atoms. The lowest BCUT2D eigenvalue weighted by Gasteiger charge is -2.23. The molecule has 1 N–H and O–H groups in total. The van der Waals surface area contributed by atoms with Crippen LogP contribution >= 0.6 is 23.4 Å². The highest BCUT2D eigenvalue weighted by Crippen LogP contribution is 2.49. The first kappa shape index (κ1) is 26.9. The van der Waals surface area contributed by atoms with Crippen LogP contribution in [0.1, 0.15) is 27.7 Å². The number of carbonyl (C=O) groups is 2. The van der Waals surface area contributed by atoms with Crippen LogP contribution < -0.4 is 10.2 Å². The van der Waals surface area contributed by atoms with Crippen molar-refractivity contribution in [1.82, 2.24) is 15.1 Å². The lowest BCUT2D eigenvalue weighted by atomic mass is 9.98. The fourth-order valence-electron chi connectivity index (χ4n) is 5.01. The summed E-state index contributed by atoms with van der Waals surface area (Å²) in [6.07, 6.45) is 1.56. The molecule has 0 bridgehead atoms. The summed E-state index contributed by atoms with van der Waals surface area (Å²) in [6, 6.07) is 29.1. The van der Waals surface area contributed by atoms with Crippen molar-refractivity contribution in [2.45, 2.75) is 18.7 Å². The Labute approximate surface area is 247 Å².